The number of benzene rings is 2. The average Bonchev–Trinajstić information content (AvgIpc) is 2.66. The summed E-state index contributed by atoms with van der Waals surface area (Å²) in [6.07, 6.45) is 1.26. The molecule has 10 heteroatoms. The van der Waals surface area contributed by atoms with Crippen LogP contribution in [0.25, 0.3) is 6.08 Å². The number of hydrogen-bond acceptors (Lipinski definition) is 6. The van der Waals surface area contributed by atoms with Crippen LogP contribution in [0.1, 0.15) is 5.56 Å². The Balaban J connectivity index is 2.10. The zero-order valence-corrected chi connectivity index (χ0v) is 17.5. The lowest BCUT2D eigenvalue weighted by Gasteiger charge is -2.26. The maximum Gasteiger partial charge on any atom is 0.335 e. The Kier molecular flexibility index (Phi) is 5.64. The van der Waals surface area contributed by atoms with E-state index in [0.29, 0.717) is 16.9 Å². The lowest BCUT2D eigenvalue weighted by Crippen LogP contribution is -2.54. The minimum absolute atomic E-state index is 0.184. The molecule has 2 aromatic carbocycles. The molecule has 0 unspecified atom stereocenters. The van der Waals surface area contributed by atoms with Gasteiger partial charge >= 0.3 is 6.03 Å². The smallest absolute Gasteiger partial charge is 0.335 e. The zero-order valence-electron chi connectivity index (χ0n) is 15.4. The number of nitro groups is 1. The van der Waals surface area contributed by atoms with Crippen LogP contribution in [0.5, 0.6) is 0 Å². The summed E-state index contributed by atoms with van der Waals surface area (Å²) in [5, 5.41) is 13.3. The molecule has 9 nitrogen and oxygen atoms in total. The molecule has 148 valence electrons. The van der Waals surface area contributed by atoms with Crippen molar-refractivity contribution in [2.75, 3.05) is 23.9 Å². The van der Waals surface area contributed by atoms with E-state index in [0.717, 1.165) is 8.47 Å². The molecule has 0 spiro atoms. The van der Waals surface area contributed by atoms with Crippen molar-refractivity contribution in [1.82, 2.24) is 5.32 Å². The number of nitrogens with zero attached hydrogens (tertiary/aromatic N) is 3. The number of urea groups is 1. The summed E-state index contributed by atoms with van der Waals surface area (Å²) in [7, 11) is 3.46. The predicted molar refractivity (Wildman–Crippen MR) is 116 cm³/mol. The Morgan fingerprint density at radius 2 is 1.76 bits per heavy atom. The molecule has 29 heavy (non-hydrogen) atoms. The van der Waals surface area contributed by atoms with Crippen LogP contribution in [0.15, 0.2) is 48.0 Å². The molecule has 3 rings (SSSR count). The van der Waals surface area contributed by atoms with Crippen molar-refractivity contribution in [1.29, 1.82) is 0 Å². The van der Waals surface area contributed by atoms with Crippen molar-refractivity contribution >= 4 is 63.6 Å². The first-order valence-corrected chi connectivity index (χ1v) is 9.39. The molecule has 4 amide bonds. The molecule has 0 aromatic heterocycles. The molecule has 0 saturated carbocycles. The summed E-state index contributed by atoms with van der Waals surface area (Å²) in [5.74, 6) is -1.67. The molecular weight excluding hydrogens is 491 g/mol. The van der Waals surface area contributed by atoms with E-state index in [9.17, 15) is 24.5 Å². The van der Waals surface area contributed by atoms with Gasteiger partial charge in [-0.15, -0.1) is 0 Å². The molecule has 0 radical (unpaired) electrons. The number of halogens is 1. The van der Waals surface area contributed by atoms with E-state index in [2.05, 4.69) is 27.9 Å². The van der Waals surface area contributed by atoms with Gasteiger partial charge in [0, 0.05) is 41.0 Å². The molecule has 1 aliphatic heterocycles. The maximum atomic E-state index is 13.0. The fraction of sp³-hybridized carbons (Fsp3) is 0.105. The van der Waals surface area contributed by atoms with Gasteiger partial charge in [0.2, 0.25) is 0 Å². The predicted octanol–water partition coefficient (Wildman–Crippen LogP) is 2.93. The summed E-state index contributed by atoms with van der Waals surface area (Å²) in [4.78, 5) is 50.7. The average molecular weight is 506 g/mol. The lowest BCUT2D eigenvalue weighted by atomic mass is 10.0. The quantitative estimate of drug-likeness (QED) is 0.224. The monoisotopic (exact) mass is 506 g/mol. The second kappa shape index (κ2) is 7.99. The van der Waals surface area contributed by atoms with Crippen LogP contribution in [0.2, 0.25) is 0 Å². The highest BCUT2D eigenvalue weighted by atomic mass is 127. The number of imide groups is 2. The van der Waals surface area contributed by atoms with E-state index in [1.54, 1.807) is 43.3 Å². The molecule has 0 aliphatic carbocycles. The number of carbonyl (C=O) groups excluding carboxylic acids is 3. The van der Waals surface area contributed by atoms with Crippen LogP contribution in [0.4, 0.5) is 21.9 Å². The highest BCUT2D eigenvalue weighted by molar-refractivity contribution is 14.1. The van der Waals surface area contributed by atoms with Crippen molar-refractivity contribution in [3.8, 4) is 0 Å². The maximum absolute atomic E-state index is 13.0. The Hall–Kier alpha value is -3.28. The fourth-order valence-electron chi connectivity index (χ4n) is 2.82. The topological polar surface area (TPSA) is 113 Å². The second-order valence-electron chi connectivity index (χ2n) is 6.33. The van der Waals surface area contributed by atoms with Gasteiger partial charge in [0.25, 0.3) is 17.5 Å². The van der Waals surface area contributed by atoms with Gasteiger partial charge in [-0.05, 0) is 59.0 Å². The first kappa shape index (κ1) is 20.5. The second-order valence-corrected chi connectivity index (χ2v) is 7.57. The van der Waals surface area contributed by atoms with Crippen LogP contribution in [0, 0.1) is 13.7 Å². The minimum atomic E-state index is -0.863. The lowest BCUT2D eigenvalue weighted by molar-refractivity contribution is -0.384. The largest absolute Gasteiger partial charge is 0.377 e. The molecule has 1 aliphatic rings. The van der Waals surface area contributed by atoms with Gasteiger partial charge in [0.15, 0.2) is 0 Å². The van der Waals surface area contributed by atoms with Crippen LogP contribution < -0.4 is 15.1 Å². The number of amides is 4. The minimum Gasteiger partial charge on any atom is -0.377 e. The van der Waals surface area contributed by atoms with Gasteiger partial charge in [0.05, 0.1) is 10.6 Å². The molecule has 1 fully saturated rings. The molecule has 0 atom stereocenters. The number of anilines is 2. The molecule has 2 aromatic rings. The fourth-order valence-corrected chi connectivity index (χ4v) is 3.18. The summed E-state index contributed by atoms with van der Waals surface area (Å²) in [6.45, 7) is 0. The SMILES string of the molecule is CN(C)c1ccc([N+](=O)[O-])cc1/C=C1/C(=O)NC(=O)N(c2ccc(I)cc2)C1=O. The van der Waals surface area contributed by atoms with Crippen molar-refractivity contribution < 1.29 is 19.3 Å². The van der Waals surface area contributed by atoms with E-state index >= 15 is 0 Å². The summed E-state index contributed by atoms with van der Waals surface area (Å²) < 4.78 is 0.912. The number of barbiturate groups is 1. The van der Waals surface area contributed by atoms with Crippen LogP contribution >= 0.6 is 22.6 Å². The highest BCUT2D eigenvalue weighted by Gasteiger charge is 2.37. The van der Waals surface area contributed by atoms with E-state index in [1.807, 2.05) is 0 Å². The van der Waals surface area contributed by atoms with Gasteiger partial charge < -0.3 is 4.90 Å². The van der Waals surface area contributed by atoms with E-state index in [1.165, 1.54) is 24.3 Å². The zero-order chi connectivity index (χ0) is 21.3. The molecule has 1 heterocycles. The third-order valence-electron chi connectivity index (χ3n) is 4.19. The number of non-ortho nitro benzene ring substituents is 1. The summed E-state index contributed by atoms with van der Waals surface area (Å²) >= 11 is 2.09. The Morgan fingerprint density at radius 3 is 2.34 bits per heavy atom. The molecule has 1 saturated heterocycles. The van der Waals surface area contributed by atoms with E-state index in [4.69, 9.17) is 0 Å². The Morgan fingerprint density at radius 1 is 1.10 bits per heavy atom. The highest BCUT2D eigenvalue weighted by Crippen LogP contribution is 2.28. The van der Waals surface area contributed by atoms with E-state index < -0.39 is 22.8 Å². The number of nitrogens with one attached hydrogen (secondary N) is 1. The van der Waals surface area contributed by atoms with Gasteiger partial charge in [-0.25, -0.2) is 9.69 Å². The van der Waals surface area contributed by atoms with Crippen LogP contribution in [-0.4, -0.2) is 36.9 Å². The summed E-state index contributed by atoms with van der Waals surface area (Å²) in [6, 6.07) is 9.90. The number of carbonyl (C=O) groups is 3. The first-order chi connectivity index (χ1) is 13.7. The van der Waals surface area contributed by atoms with Gasteiger partial charge in [-0.1, -0.05) is 0 Å². The Labute approximate surface area is 179 Å². The van der Waals surface area contributed by atoms with Crippen LogP contribution in [0.3, 0.4) is 0 Å². The molecule has 0 bridgehead atoms. The standard InChI is InChI=1S/C19H15IN4O5/c1-22(2)16-8-7-14(24(28)29)9-11(16)10-15-17(25)21-19(27)23(18(15)26)13-5-3-12(20)4-6-13/h3-10H,1-2H3,(H,21,25,27)/b15-10-. The third kappa shape index (κ3) is 4.11. The van der Waals surface area contributed by atoms with E-state index in [-0.39, 0.29) is 11.3 Å². The Bertz CT molecular complexity index is 1060. The normalized spacial score (nSPS) is 15.5. The number of rotatable bonds is 4. The van der Waals surface area contributed by atoms with Gasteiger partial charge in [-0.2, -0.15) is 0 Å². The van der Waals surface area contributed by atoms with Crippen molar-refractivity contribution in [2.45, 2.75) is 0 Å². The third-order valence-corrected chi connectivity index (χ3v) is 4.91. The van der Waals surface area contributed by atoms with Gasteiger partial charge in [-0.3, -0.25) is 25.0 Å². The number of hydrogen-bond donors (Lipinski definition) is 1. The van der Waals surface area contributed by atoms with Crippen LogP contribution in [-0.2, 0) is 9.59 Å². The molecule has 1 N–H and O–H groups in total. The van der Waals surface area contributed by atoms with Crippen molar-refractivity contribution in [3.05, 3.63) is 67.3 Å². The number of nitro benzene ring substituents is 1. The van der Waals surface area contributed by atoms with Crippen molar-refractivity contribution in [3.63, 3.8) is 0 Å². The molecular formula is C19H15IN4O5. The first-order valence-electron chi connectivity index (χ1n) is 8.32. The van der Waals surface area contributed by atoms with Gasteiger partial charge in [0.1, 0.15) is 5.57 Å². The van der Waals surface area contributed by atoms with Crippen molar-refractivity contribution in [2.24, 2.45) is 0 Å². The summed E-state index contributed by atoms with van der Waals surface area (Å²) in [5.41, 5.74) is 0.697.